The molecule has 0 aliphatic heterocycles. The number of para-hydroxylation sites is 1. The summed E-state index contributed by atoms with van der Waals surface area (Å²) in [6, 6.07) is 8.29. The van der Waals surface area contributed by atoms with Gasteiger partial charge in [-0.15, -0.1) is 5.10 Å². The third-order valence-corrected chi connectivity index (χ3v) is 2.96. The summed E-state index contributed by atoms with van der Waals surface area (Å²) in [5.41, 5.74) is 3.30. The molecule has 1 aromatic heterocycles. The molecule has 0 saturated heterocycles. The van der Waals surface area contributed by atoms with Crippen molar-refractivity contribution < 1.29 is 5.11 Å². The van der Waals surface area contributed by atoms with Gasteiger partial charge >= 0.3 is 0 Å². The molecule has 0 bridgehead atoms. The molecule has 0 fully saturated rings. The molecule has 2 rings (SSSR count). The summed E-state index contributed by atoms with van der Waals surface area (Å²) in [6.45, 7) is 5.55. The Morgan fingerprint density at radius 2 is 2.11 bits per heavy atom. The van der Waals surface area contributed by atoms with E-state index in [1.54, 1.807) is 4.68 Å². The van der Waals surface area contributed by atoms with Gasteiger partial charge in [-0.25, -0.2) is 4.68 Å². The van der Waals surface area contributed by atoms with Crippen molar-refractivity contribution in [2.45, 2.75) is 32.9 Å². The highest BCUT2D eigenvalue weighted by molar-refractivity contribution is 5.52. The van der Waals surface area contributed by atoms with Gasteiger partial charge in [0, 0.05) is 5.69 Å². The Kier molecular flexibility index (Phi) is 4.52. The molecular formula is C14H20N4O. The van der Waals surface area contributed by atoms with E-state index in [4.69, 9.17) is 5.11 Å². The minimum atomic E-state index is 0.0758. The molecule has 0 atom stereocenters. The molecule has 0 aliphatic carbocycles. The average Bonchev–Trinajstić information content (AvgIpc) is 2.85. The highest BCUT2D eigenvalue weighted by Crippen LogP contribution is 2.23. The van der Waals surface area contributed by atoms with Crippen LogP contribution in [0.3, 0.4) is 0 Å². The molecule has 1 heterocycles. The van der Waals surface area contributed by atoms with Gasteiger partial charge in [0.2, 0.25) is 0 Å². The Bertz CT molecular complexity index is 522. The molecule has 102 valence electrons. The Labute approximate surface area is 113 Å². The predicted octanol–water partition coefficient (Wildman–Crippen LogP) is 2.01. The second-order valence-corrected chi connectivity index (χ2v) is 4.79. The van der Waals surface area contributed by atoms with E-state index in [1.807, 2.05) is 12.3 Å². The smallest absolute Gasteiger partial charge is 0.102 e. The van der Waals surface area contributed by atoms with Crippen LogP contribution in [-0.4, -0.2) is 26.7 Å². The summed E-state index contributed by atoms with van der Waals surface area (Å²) in [4.78, 5) is 0. The number of aromatic nitrogens is 3. The molecule has 2 aromatic rings. The monoisotopic (exact) mass is 260 g/mol. The molecule has 0 spiro atoms. The number of aliphatic hydroxyl groups is 1. The number of nitrogens with one attached hydrogen (secondary N) is 1. The van der Waals surface area contributed by atoms with Gasteiger partial charge in [-0.2, -0.15) is 0 Å². The summed E-state index contributed by atoms with van der Waals surface area (Å²) in [7, 11) is 0. The van der Waals surface area contributed by atoms with E-state index in [1.165, 1.54) is 5.56 Å². The maximum Gasteiger partial charge on any atom is 0.102 e. The third kappa shape index (κ3) is 3.54. The first kappa shape index (κ1) is 13.5. The lowest BCUT2D eigenvalue weighted by Crippen LogP contribution is -2.04. The maximum atomic E-state index is 8.83. The molecule has 0 amide bonds. The number of nitrogens with zero attached hydrogens (tertiary/aromatic N) is 3. The number of benzene rings is 1. The van der Waals surface area contributed by atoms with Crippen molar-refractivity contribution in [1.82, 2.24) is 15.0 Å². The highest BCUT2D eigenvalue weighted by atomic mass is 16.3. The van der Waals surface area contributed by atoms with Crippen LogP contribution in [0.2, 0.25) is 0 Å². The number of anilines is 1. The van der Waals surface area contributed by atoms with E-state index in [0.717, 1.165) is 11.4 Å². The number of hydrogen-bond acceptors (Lipinski definition) is 4. The molecule has 0 radical (unpaired) electrons. The van der Waals surface area contributed by atoms with Crippen LogP contribution >= 0.6 is 0 Å². The molecule has 19 heavy (non-hydrogen) atoms. The summed E-state index contributed by atoms with van der Waals surface area (Å²) >= 11 is 0. The Morgan fingerprint density at radius 1 is 1.32 bits per heavy atom. The highest BCUT2D eigenvalue weighted by Gasteiger charge is 2.06. The maximum absolute atomic E-state index is 8.83. The molecule has 2 N–H and O–H groups in total. The van der Waals surface area contributed by atoms with Gasteiger partial charge in [-0.3, -0.25) is 0 Å². The van der Waals surface area contributed by atoms with Gasteiger partial charge in [-0.05, 0) is 17.5 Å². The van der Waals surface area contributed by atoms with Gasteiger partial charge < -0.3 is 10.4 Å². The van der Waals surface area contributed by atoms with Crippen molar-refractivity contribution in [2.24, 2.45) is 0 Å². The fourth-order valence-corrected chi connectivity index (χ4v) is 1.98. The molecular weight excluding hydrogens is 240 g/mol. The minimum absolute atomic E-state index is 0.0758. The number of aliphatic hydroxyl groups excluding tert-OH is 1. The quantitative estimate of drug-likeness (QED) is 0.834. The summed E-state index contributed by atoms with van der Waals surface area (Å²) in [6.07, 6.45) is 1.85. The zero-order valence-electron chi connectivity index (χ0n) is 11.4. The number of rotatable bonds is 6. The zero-order valence-corrected chi connectivity index (χ0v) is 11.4. The van der Waals surface area contributed by atoms with Crippen LogP contribution in [0.25, 0.3) is 0 Å². The van der Waals surface area contributed by atoms with Crippen molar-refractivity contribution in [3.05, 3.63) is 41.7 Å². The largest absolute Gasteiger partial charge is 0.394 e. The molecule has 0 unspecified atom stereocenters. The lowest BCUT2D eigenvalue weighted by Gasteiger charge is -2.13. The lowest BCUT2D eigenvalue weighted by atomic mass is 10.0. The van der Waals surface area contributed by atoms with E-state index in [9.17, 15) is 0 Å². The summed E-state index contributed by atoms with van der Waals surface area (Å²) in [5, 5.41) is 20.2. The van der Waals surface area contributed by atoms with E-state index >= 15 is 0 Å². The first-order valence-corrected chi connectivity index (χ1v) is 6.53. The number of hydrogen-bond donors (Lipinski definition) is 2. The second kappa shape index (κ2) is 6.33. The normalized spacial score (nSPS) is 10.9. The topological polar surface area (TPSA) is 63.0 Å². The Morgan fingerprint density at radius 3 is 2.84 bits per heavy atom. The van der Waals surface area contributed by atoms with E-state index < -0.39 is 0 Å². The van der Waals surface area contributed by atoms with Crippen LogP contribution in [0.5, 0.6) is 0 Å². The van der Waals surface area contributed by atoms with Gasteiger partial charge in [0.05, 0.1) is 25.9 Å². The van der Waals surface area contributed by atoms with Crippen molar-refractivity contribution in [3.8, 4) is 0 Å². The molecule has 1 aromatic carbocycles. The average molecular weight is 260 g/mol. The van der Waals surface area contributed by atoms with Gasteiger partial charge in [0.1, 0.15) is 5.69 Å². The fraction of sp³-hybridized carbons (Fsp3) is 0.429. The molecule has 0 saturated carbocycles. The van der Waals surface area contributed by atoms with Crippen molar-refractivity contribution >= 4 is 5.69 Å². The SMILES string of the molecule is CC(C)c1ccccc1NCc1cn(CCO)nn1. The summed E-state index contributed by atoms with van der Waals surface area (Å²) < 4.78 is 1.64. The predicted molar refractivity (Wildman–Crippen MR) is 75.0 cm³/mol. The van der Waals surface area contributed by atoms with Crippen LogP contribution in [0.1, 0.15) is 31.0 Å². The van der Waals surface area contributed by atoms with Crippen LogP contribution in [0.4, 0.5) is 5.69 Å². The van der Waals surface area contributed by atoms with Crippen molar-refractivity contribution in [2.75, 3.05) is 11.9 Å². The Balaban J connectivity index is 2.01. The minimum Gasteiger partial charge on any atom is -0.394 e. The van der Waals surface area contributed by atoms with Crippen molar-refractivity contribution in [3.63, 3.8) is 0 Å². The van der Waals surface area contributed by atoms with E-state index in [0.29, 0.717) is 19.0 Å². The van der Waals surface area contributed by atoms with Crippen LogP contribution in [0.15, 0.2) is 30.5 Å². The first-order chi connectivity index (χ1) is 9.20. The van der Waals surface area contributed by atoms with Gasteiger partial charge in [0.15, 0.2) is 0 Å². The van der Waals surface area contributed by atoms with E-state index in [-0.39, 0.29) is 6.61 Å². The van der Waals surface area contributed by atoms with E-state index in [2.05, 4.69) is 47.7 Å². The molecule has 5 heteroatoms. The molecule has 0 aliphatic rings. The third-order valence-electron chi connectivity index (χ3n) is 2.96. The summed E-state index contributed by atoms with van der Waals surface area (Å²) in [5.74, 6) is 0.480. The van der Waals surface area contributed by atoms with Crippen LogP contribution in [-0.2, 0) is 13.1 Å². The van der Waals surface area contributed by atoms with Gasteiger partial charge in [-0.1, -0.05) is 37.3 Å². The molecule has 5 nitrogen and oxygen atoms in total. The fourth-order valence-electron chi connectivity index (χ4n) is 1.98. The lowest BCUT2D eigenvalue weighted by molar-refractivity contribution is 0.268. The Hall–Kier alpha value is -1.88. The van der Waals surface area contributed by atoms with Crippen LogP contribution < -0.4 is 5.32 Å². The second-order valence-electron chi connectivity index (χ2n) is 4.79. The van der Waals surface area contributed by atoms with Crippen molar-refractivity contribution in [1.29, 1.82) is 0 Å². The standard InChI is InChI=1S/C14H20N4O/c1-11(2)13-5-3-4-6-14(13)15-9-12-10-18(7-8-19)17-16-12/h3-6,10-11,15,19H,7-9H2,1-2H3. The zero-order chi connectivity index (χ0) is 13.7. The van der Waals surface area contributed by atoms with Crippen LogP contribution in [0, 0.1) is 0 Å². The first-order valence-electron chi connectivity index (χ1n) is 6.53. The van der Waals surface area contributed by atoms with Gasteiger partial charge in [0.25, 0.3) is 0 Å².